The van der Waals surface area contributed by atoms with Crippen molar-refractivity contribution < 1.29 is 9.18 Å². The standard InChI is InChI=1S/C18H19ClFN5O/c1-11-7-21-24(8-11)10-17(26)22-18-12(2)23-25(13(18)3)9-14-4-5-15(20)6-16(14)19/h4-8H,9-10H2,1-3H3,(H,22,26). The number of hydrogen-bond donors (Lipinski definition) is 1. The van der Waals surface area contributed by atoms with E-state index in [4.69, 9.17) is 11.6 Å². The molecule has 0 radical (unpaired) electrons. The Balaban J connectivity index is 1.76. The first-order valence-electron chi connectivity index (χ1n) is 8.10. The zero-order chi connectivity index (χ0) is 18.8. The van der Waals surface area contributed by atoms with Gasteiger partial charge < -0.3 is 5.32 Å². The van der Waals surface area contributed by atoms with E-state index in [2.05, 4.69) is 15.5 Å². The Morgan fingerprint density at radius 1 is 1.31 bits per heavy atom. The number of aryl methyl sites for hydroxylation is 2. The molecule has 2 aromatic heterocycles. The van der Waals surface area contributed by atoms with Gasteiger partial charge in [0.25, 0.3) is 0 Å². The van der Waals surface area contributed by atoms with Gasteiger partial charge >= 0.3 is 0 Å². The van der Waals surface area contributed by atoms with Crippen molar-refractivity contribution in [2.75, 3.05) is 5.32 Å². The second kappa shape index (κ2) is 7.29. The van der Waals surface area contributed by atoms with Crippen molar-refractivity contribution in [1.29, 1.82) is 0 Å². The van der Waals surface area contributed by atoms with Gasteiger partial charge in [0.15, 0.2) is 0 Å². The molecule has 2 heterocycles. The van der Waals surface area contributed by atoms with E-state index in [9.17, 15) is 9.18 Å². The van der Waals surface area contributed by atoms with Crippen molar-refractivity contribution in [1.82, 2.24) is 19.6 Å². The molecule has 8 heteroatoms. The zero-order valence-electron chi connectivity index (χ0n) is 14.8. The average Bonchev–Trinajstić information content (AvgIpc) is 3.08. The first-order valence-corrected chi connectivity index (χ1v) is 8.48. The Morgan fingerprint density at radius 3 is 2.73 bits per heavy atom. The number of nitrogens with zero attached hydrogens (tertiary/aromatic N) is 4. The minimum atomic E-state index is -0.381. The largest absolute Gasteiger partial charge is 0.321 e. The molecular weight excluding hydrogens is 357 g/mol. The highest BCUT2D eigenvalue weighted by molar-refractivity contribution is 6.31. The summed E-state index contributed by atoms with van der Waals surface area (Å²) in [5.74, 6) is -0.562. The third-order valence-corrected chi connectivity index (χ3v) is 4.40. The summed E-state index contributed by atoms with van der Waals surface area (Å²) >= 11 is 6.09. The Labute approximate surface area is 155 Å². The number of halogens is 2. The highest BCUT2D eigenvalue weighted by Crippen LogP contribution is 2.23. The molecule has 0 unspecified atom stereocenters. The van der Waals surface area contributed by atoms with E-state index in [0.29, 0.717) is 22.9 Å². The van der Waals surface area contributed by atoms with Gasteiger partial charge in [0.2, 0.25) is 5.91 Å². The third-order valence-electron chi connectivity index (χ3n) is 4.05. The van der Waals surface area contributed by atoms with Gasteiger partial charge in [-0.05, 0) is 44.0 Å². The lowest BCUT2D eigenvalue weighted by molar-refractivity contribution is -0.116. The maximum Gasteiger partial charge on any atom is 0.246 e. The smallest absolute Gasteiger partial charge is 0.246 e. The van der Waals surface area contributed by atoms with Crippen LogP contribution >= 0.6 is 11.6 Å². The molecule has 0 aliphatic heterocycles. The fourth-order valence-corrected chi connectivity index (χ4v) is 2.95. The fourth-order valence-electron chi connectivity index (χ4n) is 2.72. The maximum atomic E-state index is 13.2. The molecule has 1 aromatic carbocycles. The van der Waals surface area contributed by atoms with Gasteiger partial charge in [-0.2, -0.15) is 10.2 Å². The summed E-state index contributed by atoms with van der Waals surface area (Å²) in [5, 5.41) is 11.8. The molecule has 0 bridgehead atoms. The summed E-state index contributed by atoms with van der Waals surface area (Å²) in [7, 11) is 0. The maximum absolute atomic E-state index is 13.2. The zero-order valence-corrected chi connectivity index (χ0v) is 15.5. The van der Waals surface area contributed by atoms with E-state index < -0.39 is 0 Å². The van der Waals surface area contributed by atoms with E-state index in [0.717, 1.165) is 16.8 Å². The number of anilines is 1. The molecule has 1 N–H and O–H groups in total. The number of benzene rings is 1. The van der Waals surface area contributed by atoms with Crippen LogP contribution in [0.25, 0.3) is 0 Å². The second-order valence-corrected chi connectivity index (χ2v) is 6.61. The van der Waals surface area contributed by atoms with Crippen LogP contribution in [0.2, 0.25) is 5.02 Å². The van der Waals surface area contributed by atoms with Gasteiger partial charge in [0.05, 0.1) is 29.8 Å². The van der Waals surface area contributed by atoms with E-state index >= 15 is 0 Å². The van der Waals surface area contributed by atoms with Crippen molar-refractivity contribution in [2.24, 2.45) is 0 Å². The molecule has 6 nitrogen and oxygen atoms in total. The minimum absolute atomic E-state index is 0.127. The summed E-state index contributed by atoms with van der Waals surface area (Å²) in [5.41, 5.74) is 3.91. The van der Waals surface area contributed by atoms with Gasteiger partial charge in [0.1, 0.15) is 12.4 Å². The lowest BCUT2D eigenvalue weighted by Gasteiger charge is -2.08. The molecule has 0 saturated heterocycles. The van der Waals surface area contributed by atoms with Crippen molar-refractivity contribution in [3.8, 4) is 0 Å². The molecule has 0 fully saturated rings. The molecule has 0 saturated carbocycles. The van der Waals surface area contributed by atoms with Gasteiger partial charge in [-0.25, -0.2) is 4.39 Å². The molecule has 0 aliphatic carbocycles. The summed E-state index contributed by atoms with van der Waals surface area (Å²) in [6, 6.07) is 4.27. The number of carbonyl (C=O) groups is 1. The molecule has 0 spiro atoms. The van der Waals surface area contributed by atoms with Crippen LogP contribution in [-0.2, 0) is 17.9 Å². The van der Waals surface area contributed by atoms with Crippen LogP contribution in [0.4, 0.5) is 10.1 Å². The molecule has 136 valence electrons. The molecule has 3 rings (SSSR count). The van der Waals surface area contributed by atoms with Crippen molar-refractivity contribution in [3.05, 3.63) is 63.9 Å². The Bertz CT molecular complexity index is 963. The predicted molar refractivity (Wildman–Crippen MR) is 97.8 cm³/mol. The van der Waals surface area contributed by atoms with Gasteiger partial charge in [-0.15, -0.1) is 0 Å². The second-order valence-electron chi connectivity index (χ2n) is 6.20. The Morgan fingerprint density at radius 2 is 2.08 bits per heavy atom. The summed E-state index contributed by atoms with van der Waals surface area (Å²) in [4.78, 5) is 12.3. The van der Waals surface area contributed by atoms with Crippen molar-refractivity contribution >= 4 is 23.2 Å². The molecule has 26 heavy (non-hydrogen) atoms. The minimum Gasteiger partial charge on any atom is -0.321 e. The SMILES string of the molecule is Cc1cnn(CC(=O)Nc2c(C)nn(Cc3ccc(F)cc3Cl)c2C)c1. The van der Waals surface area contributed by atoms with Gasteiger partial charge in [0, 0.05) is 11.2 Å². The lowest BCUT2D eigenvalue weighted by Crippen LogP contribution is -2.19. The first-order chi connectivity index (χ1) is 12.3. The van der Waals surface area contributed by atoms with Gasteiger partial charge in [-0.3, -0.25) is 14.2 Å². The van der Waals surface area contributed by atoms with Crippen molar-refractivity contribution in [2.45, 2.75) is 33.9 Å². The van der Waals surface area contributed by atoms with E-state index in [1.54, 1.807) is 27.8 Å². The van der Waals surface area contributed by atoms with Crippen LogP contribution in [0.3, 0.4) is 0 Å². The topological polar surface area (TPSA) is 64.7 Å². The summed E-state index contributed by atoms with van der Waals surface area (Å²) < 4.78 is 16.5. The van der Waals surface area contributed by atoms with Crippen LogP contribution in [0, 0.1) is 26.6 Å². The first kappa shape index (κ1) is 18.1. The van der Waals surface area contributed by atoms with E-state index in [-0.39, 0.29) is 18.3 Å². The number of amides is 1. The van der Waals surface area contributed by atoms with Crippen molar-refractivity contribution in [3.63, 3.8) is 0 Å². The highest BCUT2D eigenvalue weighted by Gasteiger charge is 2.16. The molecule has 1 amide bonds. The monoisotopic (exact) mass is 375 g/mol. The van der Waals surface area contributed by atoms with Crippen LogP contribution in [0.1, 0.15) is 22.5 Å². The number of carbonyl (C=O) groups excluding carboxylic acids is 1. The Hall–Kier alpha value is -2.67. The van der Waals surface area contributed by atoms with Crippen LogP contribution < -0.4 is 5.32 Å². The molecule has 0 atom stereocenters. The van der Waals surface area contributed by atoms with Crippen LogP contribution in [-0.4, -0.2) is 25.5 Å². The Kier molecular flexibility index (Phi) is 5.08. The quantitative estimate of drug-likeness (QED) is 0.742. The summed E-state index contributed by atoms with van der Waals surface area (Å²) in [6.07, 6.45) is 3.51. The molecule has 0 aliphatic rings. The van der Waals surface area contributed by atoms with E-state index in [1.807, 2.05) is 20.8 Å². The number of nitrogens with one attached hydrogen (secondary N) is 1. The number of aromatic nitrogens is 4. The fraction of sp³-hybridized carbons (Fsp3) is 0.278. The number of rotatable bonds is 5. The van der Waals surface area contributed by atoms with Crippen LogP contribution in [0.15, 0.2) is 30.6 Å². The van der Waals surface area contributed by atoms with E-state index in [1.165, 1.54) is 12.1 Å². The highest BCUT2D eigenvalue weighted by atomic mass is 35.5. The third kappa shape index (κ3) is 3.94. The predicted octanol–water partition coefficient (Wildman–Crippen LogP) is 3.48. The normalized spacial score (nSPS) is 11.0. The average molecular weight is 376 g/mol. The molecule has 3 aromatic rings. The number of hydrogen-bond acceptors (Lipinski definition) is 3. The molecular formula is C18H19ClFN5O. The summed E-state index contributed by atoms with van der Waals surface area (Å²) in [6.45, 7) is 6.12. The van der Waals surface area contributed by atoms with Gasteiger partial charge in [-0.1, -0.05) is 17.7 Å². The lowest BCUT2D eigenvalue weighted by atomic mass is 10.2. The van der Waals surface area contributed by atoms with Crippen LogP contribution in [0.5, 0.6) is 0 Å².